The van der Waals surface area contributed by atoms with Gasteiger partial charge in [-0.05, 0) is 42.2 Å². The van der Waals surface area contributed by atoms with Crippen molar-refractivity contribution in [2.45, 2.75) is 25.8 Å². The molecule has 1 aromatic heterocycles. The van der Waals surface area contributed by atoms with E-state index in [1.54, 1.807) is 6.20 Å². The fourth-order valence-electron chi connectivity index (χ4n) is 3.61. The van der Waals surface area contributed by atoms with E-state index in [0.29, 0.717) is 25.3 Å². The summed E-state index contributed by atoms with van der Waals surface area (Å²) in [5.41, 5.74) is 3.96. The van der Waals surface area contributed by atoms with Crippen LogP contribution in [0, 0.1) is 0 Å². The van der Waals surface area contributed by atoms with Gasteiger partial charge in [0.1, 0.15) is 5.75 Å². The van der Waals surface area contributed by atoms with Crippen molar-refractivity contribution in [1.82, 2.24) is 9.88 Å². The van der Waals surface area contributed by atoms with Gasteiger partial charge in [0.15, 0.2) is 0 Å². The zero-order valence-electron chi connectivity index (χ0n) is 15.9. The molecule has 0 aliphatic carbocycles. The van der Waals surface area contributed by atoms with Crippen LogP contribution in [0.4, 0.5) is 0 Å². The lowest BCUT2D eigenvalue weighted by Gasteiger charge is -2.23. The van der Waals surface area contributed by atoms with Gasteiger partial charge in [0.2, 0.25) is 0 Å². The van der Waals surface area contributed by atoms with Crippen LogP contribution in [-0.4, -0.2) is 28.9 Å². The average Bonchev–Trinajstić information content (AvgIpc) is 3.23. The number of hydrogen-bond donors (Lipinski definition) is 0. The normalized spacial score (nSPS) is 12.3. The highest BCUT2D eigenvalue weighted by molar-refractivity contribution is 5.97. The zero-order valence-corrected chi connectivity index (χ0v) is 15.9. The maximum Gasteiger partial charge on any atom is 0.257 e. The molecule has 1 aliphatic heterocycles. The van der Waals surface area contributed by atoms with E-state index >= 15 is 0 Å². The van der Waals surface area contributed by atoms with E-state index in [4.69, 9.17) is 4.74 Å². The molecule has 0 unspecified atom stereocenters. The predicted molar refractivity (Wildman–Crippen MR) is 109 cm³/mol. The monoisotopic (exact) mass is 372 g/mol. The maximum absolute atomic E-state index is 13.4. The van der Waals surface area contributed by atoms with Crippen LogP contribution in [0.15, 0.2) is 72.9 Å². The Labute approximate surface area is 165 Å². The molecule has 0 radical (unpaired) electrons. The molecule has 0 N–H and O–H groups in total. The summed E-state index contributed by atoms with van der Waals surface area (Å²) in [5, 5.41) is 0. The Morgan fingerprint density at radius 1 is 1.00 bits per heavy atom. The highest BCUT2D eigenvalue weighted by atomic mass is 16.5. The van der Waals surface area contributed by atoms with Crippen molar-refractivity contribution < 1.29 is 9.53 Å². The van der Waals surface area contributed by atoms with Crippen LogP contribution in [-0.2, 0) is 19.4 Å². The smallest absolute Gasteiger partial charge is 0.257 e. The van der Waals surface area contributed by atoms with Gasteiger partial charge in [-0.2, -0.15) is 0 Å². The average molecular weight is 372 g/mol. The number of benzene rings is 2. The fraction of sp³-hybridized carbons (Fsp3) is 0.250. The lowest BCUT2D eigenvalue weighted by molar-refractivity contribution is 0.0735. The molecule has 2 heterocycles. The first kappa shape index (κ1) is 18.2. The molecular weight excluding hydrogens is 348 g/mol. The number of pyridine rings is 1. The molecule has 0 bridgehead atoms. The Morgan fingerprint density at radius 2 is 1.86 bits per heavy atom. The van der Waals surface area contributed by atoms with E-state index < -0.39 is 0 Å². The number of fused-ring (bicyclic) bond motifs is 1. The molecule has 1 amide bonds. The number of rotatable bonds is 7. The Morgan fingerprint density at radius 3 is 2.68 bits per heavy atom. The van der Waals surface area contributed by atoms with Crippen molar-refractivity contribution in [3.8, 4) is 5.75 Å². The molecule has 2 aromatic carbocycles. The van der Waals surface area contributed by atoms with Gasteiger partial charge >= 0.3 is 0 Å². The summed E-state index contributed by atoms with van der Waals surface area (Å²) in [4.78, 5) is 19.7. The second-order valence-corrected chi connectivity index (χ2v) is 7.03. The van der Waals surface area contributed by atoms with Gasteiger partial charge < -0.3 is 9.64 Å². The SMILES string of the molecule is O=C(c1cccc2c1OCC2)N(CCCc1ccccc1)Cc1ccccn1. The number of ether oxygens (including phenoxy) is 1. The van der Waals surface area contributed by atoms with Gasteiger partial charge in [-0.25, -0.2) is 0 Å². The first-order chi connectivity index (χ1) is 13.8. The third-order valence-corrected chi connectivity index (χ3v) is 5.05. The molecular formula is C24H24N2O2. The van der Waals surface area contributed by atoms with Gasteiger partial charge in [-0.1, -0.05) is 48.5 Å². The second-order valence-electron chi connectivity index (χ2n) is 7.03. The third-order valence-electron chi connectivity index (χ3n) is 5.05. The van der Waals surface area contributed by atoms with Crippen molar-refractivity contribution in [2.75, 3.05) is 13.2 Å². The van der Waals surface area contributed by atoms with Gasteiger partial charge in [0.25, 0.3) is 5.91 Å². The van der Waals surface area contributed by atoms with Crippen LogP contribution in [0.5, 0.6) is 5.75 Å². The molecule has 1 aliphatic rings. The molecule has 0 fully saturated rings. The first-order valence-corrected chi connectivity index (χ1v) is 9.79. The van der Waals surface area contributed by atoms with Crippen LogP contribution >= 0.6 is 0 Å². The fourth-order valence-corrected chi connectivity index (χ4v) is 3.61. The summed E-state index contributed by atoms with van der Waals surface area (Å²) >= 11 is 0. The van der Waals surface area contributed by atoms with Crippen LogP contribution in [0.2, 0.25) is 0 Å². The minimum Gasteiger partial charge on any atom is -0.492 e. The third kappa shape index (κ3) is 4.22. The summed E-state index contributed by atoms with van der Waals surface area (Å²) < 4.78 is 5.76. The van der Waals surface area contributed by atoms with Crippen LogP contribution in [0.3, 0.4) is 0 Å². The highest BCUT2D eigenvalue weighted by Crippen LogP contribution is 2.30. The van der Waals surface area contributed by atoms with Gasteiger partial charge in [0.05, 0.1) is 24.4 Å². The number of hydrogen-bond acceptors (Lipinski definition) is 3. The van der Waals surface area contributed by atoms with Crippen molar-refractivity contribution in [1.29, 1.82) is 0 Å². The summed E-state index contributed by atoms with van der Waals surface area (Å²) in [6.45, 7) is 1.82. The minimum atomic E-state index is 0.0115. The first-order valence-electron chi connectivity index (χ1n) is 9.79. The predicted octanol–water partition coefficient (Wildman–Crippen LogP) is 4.29. The van der Waals surface area contributed by atoms with Crippen molar-refractivity contribution in [3.63, 3.8) is 0 Å². The number of nitrogens with zero attached hydrogens (tertiary/aromatic N) is 2. The van der Waals surface area contributed by atoms with Crippen molar-refractivity contribution >= 4 is 5.91 Å². The molecule has 4 nitrogen and oxygen atoms in total. The Kier molecular flexibility index (Phi) is 5.66. The number of para-hydroxylation sites is 1. The topological polar surface area (TPSA) is 42.4 Å². The molecule has 142 valence electrons. The number of aryl methyl sites for hydroxylation is 1. The Bertz CT molecular complexity index is 926. The lowest BCUT2D eigenvalue weighted by Crippen LogP contribution is -2.32. The quantitative estimate of drug-likeness (QED) is 0.621. The van der Waals surface area contributed by atoms with Crippen molar-refractivity contribution in [3.05, 3.63) is 95.3 Å². The Balaban J connectivity index is 1.52. The summed E-state index contributed by atoms with van der Waals surface area (Å²) in [5.74, 6) is 0.763. The molecule has 0 saturated heterocycles. The van der Waals surface area contributed by atoms with Crippen LogP contribution < -0.4 is 4.74 Å². The Hall–Kier alpha value is -3.14. The molecule has 3 aromatic rings. The second kappa shape index (κ2) is 8.70. The molecule has 0 saturated carbocycles. The standard InChI is InChI=1S/C24H24N2O2/c27-24(22-13-6-11-20-14-17-28-23(20)22)26(18-21-12-4-5-15-25-21)16-7-10-19-8-2-1-3-9-19/h1-6,8-9,11-13,15H,7,10,14,16-18H2. The summed E-state index contributed by atoms with van der Waals surface area (Å²) in [6, 6.07) is 22.1. The van der Waals surface area contributed by atoms with E-state index in [1.807, 2.05) is 47.4 Å². The molecule has 0 spiro atoms. The molecule has 4 rings (SSSR count). The van der Waals surface area contributed by atoms with E-state index in [1.165, 1.54) is 5.56 Å². The number of carbonyl (C=O) groups excluding carboxylic acids is 1. The molecule has 0 atom stereocenters. The zero-order chi connectivity index (χ0) is 19.2. The number of carbonyl (C=O) groups is 1. The van der Waals surface area contributed by atoms with E-state index in [-0.39, 0.29) is 5.91 Å². The maximum atomic E-state index is 13.4. The van der Waals surface area contributed by atoms with Crippen LogP contribution in [0.25, 0.3) is 0 Å². The van der Waals surface area contributed by atoms with Crippen LogP contribution in [0.1, 0.15) is 33.6 Å². The summed E-state index contributed by atoms with van der Waals surface area (Å²) in [7, 11) is 0. The van der Waals surface area contributed by atoms with Crippen molar-refractivity contribution in [2.24, 2.45) is 0 Å². The van der Waals surface area contributed by atoms with E-state index in [9.17, 15) is 4.79 Å². The summed E-state index contributed by atoms with van der Waals surface area (Å²) in [6.07, 6.45) is 4.48. The number of aromatic nitrogens is 1. The van der Waals surface area contributed by atoms with E-state index in [0.717, 1.165) is 36.3 Å². The van der Waals surface area contributed by atoms with Gasteiger partial charge in [-0.15, -0.1) is 0 Å². The van der Waals surface area contributed by atoms with Gasteiger partial charge in [-0.3, -0.25) is 9.78 Å². The largest absolute Gasteiger partial charge is 0.492 e. The van der Waals surface area contributed by atoms with Gasteiger partial charge in [0, 0.05) is 19.2 Å². The lowest BCUT2D eigenvalue weighted by atomic mass is 10.1. The highest BCUT2D eigenvalue weighted by Gasteiger charge is 2.24. The minimum absolute atomic E-state index is 0.0115. The number of amides is 1. The van der Waals surface area contributed by atoms with E-state index in [2.05, 4.69) is 29.2 Å². The molecule has 28 heavy (non-hydrogen) atoms. The molecule has 4 heteroatoms.